The molecule has 0 saturated carbocycles. The normalized spacial score (nSPS) is 2.57. The fourth-order valence-electron chi connectivity index (χ4n) is 0. The van der Waals surface area contributed by atoms with Gasteiger partial charge in [0.05, 0.1) is 0 Å². The largest absolute Gasteiger partial charge is 0.0654 e. The number of hydrogen-bond acceptors (Lipinski definition) is 0. The van der Waals surface area contributed by atoms with Crippen LogP contribution in [-0.4, -0.2) is 27.3 Å². The molecular formula is C6H19Pb. The third-order valence-electron chi connectivity index (χ3n) is 0. The summed E-state index contributed by atoms with van der Waals surface area (Å²) in [5, 5.41) is 0. The molecule has 0 spiro atoms. The molecule has 0 bridgehead atoms. The second kappa shape index (κ2) is 286. The van der Waals surface area contributed by atoms with Crippen LogP contribution < -0.4 is 0 Å². The fraction of sp³-hybridized carbons (Fsp3) is 0.500. The van der Waals surface area contributed by atoms with E-state index < -0.39 is 0 Å². The second-order valence-electron chi connectivity index (χ2n) is 0. The summed E-state index contributed by atoms with van der Waals surface area (Å²) in [5.74, 6) is 0. The van der Waals surface area contributed by atoms with Gasteiger partial charge in [-0.1, -0.05) is 41.5 Å². The van der Waals surface area contributed by atoms with E-state index in [9.17, 15) is 0 Å². The molecule has 0 nitrogen and oxygen atoms in total. The molecule has 0 aromatic heterocycles. The van der Waals surface area contributed by atoms with E-state index in [0.717, 1.165) is 0 Å². The molecular weight excluding hydrogens is 279 g/mol. The molecule has 0 aromatic rings. The Morgan fingerprint density at radius 1 is 0.714 bits per heavy atom. The monoisotopic (exact) mass is 299 g/mol. The van der Waals surface area contributed by atoms with E-state index in [1.54, 1.807) is 20.8 Å². The molecule has 7 radical (unpaired) electrons. The summed E-state index contributed by atoms with van der Waals surface area (Å²) in [5.41, 5.74) is 0. The summed E-state index contributed by atoms with van der Waals surface area (Å²) in [6.07, 6.45) is 0. The third-order valence-corrected chi connectivity index (χ3v) is 0. The van der Waals surface area contributed by atoms with Crippen molar-refractivity contribution < 1.29 is 2.85 Å². The van der Waals surface area contributed by atoms with Gasteiger partial charge in [-0.25, -0.2) is 0 Å². The van der Waals surface area contributed by atoms with Crippen molar-refractivity contribution in [3.8, 4) is 0 Å². The maximum absolute atomic E-state index is 3.25. The van der Waals surface area contributed by atoms with Crippen molar-refractivity contribution in [2.45, 2.75) is 20.8 Å². The van der Waals surface area contributed by atoms with Crippen molar-refractivity contribution in [2.75, 3.05) is 0 Å². The van der Waals surface area contributed by atoms with E-state index in [-0.39, 0.29) is 30.2 Å². The van der Waals surface area contributed by atoms with Gasteiger partial charge >= 0.3 is 0 Å². The first-order valence-electron chi connectivity index (χ1n) is 2.12. The van der Waals surface area contributed by atoms with E-state index in [4.69, 9.17) is 0 Å². The van der Waals surface area contributed by atoms with Gasteiger partial charge in [0.25, 0.3) is 0 Å². The average Bonchev–Trinajstić information content (AvgIpc) is 1.81. The van der Waals surface area contributed by atoms with Crippen molar-refractivity contribution in [1.82, 2.24) is 0 Å². The Morgan fingerprint density at radius 3 is 0.714 bits per heavy atom. The predicted molar refractivity (Wildman–Crippen MR) is 43.1 cm³/mol. The maximum Gasteiger partial charge on any atom is 0 e. The van der Waals surface area contributed by atoms with Gasteiger partial charge in [-0.2, -0.15) is 0 Å². The third kappa shape index (κ3) is 197. The minimum absolute atomic E-state index is 0. The SMILES string of the molecule is [CH2]C.[CH2]C.[CH2]C.[HH].[HH].[Pb]. The van der Waals surface area contributed by atoms with Crippen molar-refractivity contribution >= 4 is 27.3 Å². The van der Waals surface area contributed by atoms with Gasteiger partial charge in [-0.3, -0.25) is 0 Å². The zero-order valence-corrected chi connectivity index (χ0v) is 9.51. The molecule has 0 saturated heterocycles. The number of hydrogen-bond donors (Lipinski definition) is 0. The van der Waals surface area contributed by atoms with Crippen LogP contribution >= 0.6 is 0 Å². The molecule has 0 N–H and O–H groups in total. The Balaban J connectivity index is -0.00000000321. The summed E-state index contributed by atoms with van der Waals surface area (Å²) in [4.78, 5) is 0. The molecule has 0 amide bonds. The van der Waals surface area contributed by atoms with Crippen LogP contribution in [-0.2, 0) is 0 Å². The predicted octanol–water partition coefficient (Wildman–Crippen LogP) is 2.63. The van der Waals surface area contributed by atoms with Crippen molar-refractivity contribution in [3.05, 3.63) is 20.8 Å². The van der Waals surface area contributed by atoms with E-state index in [0.29, 0.717) is 0 Å². The van der Waals surface area contributed by atoms with Crippen molar-refractivity contribution in [1.29, 1.82) is 0 Å². The Kier molecular flexibility index (Phi) is 1010. The van der Waals surface area contributed by atoms with Crippen LogP contribution in [0.5, 0.6) is 0 Å². The van der Waals surface area contributed by atoms with Gasteiger partial charge < -0.3 is 0 Å². The van der Waals surface area contributed by atoms with Gasteiger partial charge in [0, 0.05) is 30.2 Å². The van der Waals surface area contributed by atoms with Crippen LogP contribution in [0.3, 0.4) is 0 Å². The van der Waals surface area contributed by atoms with Crippen LogP contribution in [0.2, 0.25) is 0 Å². The molecule has 0 atom stereocenters. The summed E-state index contributed by atoms with van der Waals surface area (Å²) in [6.45, 7) is 15.0. The van der Waals surface area contributed by atoms with E-state index in [1.807, 2.05) is 0 Å². The molecule has 0 heterocycles. The Morgan fingerprint density at radius 2 is 0.714 bits per heavy atom. The minimum atomic E-state index is 0. The van der Waals surface area contributed by atoms with Crippen LogP contribution in [0.1, 0.15) is 23.6 Å². The van der Waals surface area contributed by atoms with Gasteiger partial charge in [0.1, 0.15) is 0 Å². The molecule has 0 aliphatic carbocycles. The Hall–Kier alpha value is 0.922. The van der Waals surface area contributed by atoms with Crippen LogP contribution in [0.4, 0.5) is 0 Å². The molecule has 0 unspecified atom stereocenters. The first-order chi connectivity index (χ1) is 3.00. The van der Waals surface area contributed by atoms with Crippen LogP contribution in [0, 0.1) is 20.8 Å². The first kappa shape index (κ1) is 24.7. The smallest absolute Gasteiger partial charge is 0 e. The standard InChI is InChI=1S/3C2H5.Pb.2H2/c3*1-2;;;/h3*1H2,2H3;;2*1H. The Bertz CT molecular complexity index is 11.0. The van der Waals surface area contributed by atoms with Gasteiger partial charge in [-0.05, 0) is 0 Å². The quantitative estimate of drug-likeness (QED) is 0.603. The minimum Gasteiger partial charge on any atom is -0.0654 e. The molecule has 1 heteroatoms. The molecule has 0 fully saturated rings. The molecule has 0 aliphatic rings. The summed E-state index contributed by atoms with van der Waals surface area (Å²) in [7, 11) is 0. The zero-order valence-electron chi connectivity index (χ0n) is 5.62. The molecule has 0 aromatic carbocycles. The van der Waals surface area contributed by atoms with Crippen molar-refractivity contribution in [2.24, 2.45) is 0 Å². The summed E-state index contributed by atoms with van der Waals surface area (Å²) in [6, 6.07) is 0. The van der Waals surface area contributed by atoms with Gasteiger partial charge in [0.15, 0.2) is 0 Å². The van der Waals surface area contributed by atoms with Gasteiger partial charge in [-0.15, -0.1) is 0 Å². The zero-order chi connectivity index (χ0) is 6.00. The molecule has 7 heavy (non-hydrogen) atoms. The summed E-state index contributed by atoms with van der Waals surface area (Å²) >= 11 is 0. The van der Waals surface area contributed by atoms with E-state index in [1.165, 1.54) is 0 Å². The van der Waals surface area contributed by atoms with E-state index in [2.05, 4.69) is 20.8 Å². The van der Waals surface area contributed by atoms with Crippen molar-refractivity contribution in [3.63, 3.8) is 0 Å². The second-order valence-corrected chi connectivity index (χ2v) is 0. The fourth-order valence-corrected chi connectivity index (χ4v) is 0. The molecule has 0 rings (SSSR count). The van der Waals surface area contributed by atoms with E-state index >= 15 is 0 Å². The number of rotatable bonds is 0. The van der Waals surface area contributed by atoms with Crippen LogP contribution in [0.15, 0.2) is 0 Å². The maximum atomic E-state index is 3.25. The first-order valence-corrected chi connectivity index (χ1v) is 2.12. The van der Waals surface area contributed by atoms with Gasteiger partial charge in [0.2, 0.25) is 0 Å². The molecule has 0 aliphatic heterocycles. The summed E-state index contributed by atoms with van der Waals surface area (Å²) < 4.78 is 0. The Labute approximate surface area is 71.8 Å². The molecule has 47 valence electrons. The topological polar surface area (TPSA) is 0 Å². The van der Waals surface area contributed by atoms with Crippen LogP contribution in [0.25, 0.3) is 0 Å². The average molecular weight is 298 g/mol.